The molecule has 8 nitrogen and oxygen atoms in total. The van der Waals surface area contributed by atoms with Crippen molar-refractivity contribution < 1.29 is 9.53 Å². The van der Waals surface area contributed by atoms with Crippen LogP contribution in [-0.2, 0) is 4.79 Å². The van der Waals surface area contributed by atoms with Gasteiger partial charge in [-0.3, -0.25) is 4.79 Å². The van der Waals surface area contributed by atoms with E-state index in [1.54, 1.807) is 12.1 Å². The van der Waals surface area contributed by atoms with Gasteiger partial charge in [0.1, 0.15) is 5.69 Å². The first-order valence-corrected chi connectivity index (χ1v) is 8.90. The lowest BCUT2D eigenvalue weighted by Gasteiger charge is -2.35. The minimum atomic E-state index is -0.182. The monoisotopic (exact) mass is 366 g/mol. The van der Waals surface area contributed by atoms with Crippen molar-refractivity contribution in [2.45, 2.75) is 32.7 Å². The molecule has 1 amide bonds. The van der Waals surface area contributed by atoms with Gasteiger partial charge in [-0.1, -0.05) is 25.5 Å². The van der Waals surface area contributed by atoms with Crippen LogP contribution in [0, 0.1) is 11.3 Å². The highest BCUT2D eigenvalue weighted by Gasteiger charge is 2.31. The fourth-order valence-electron chi connectivity index (χ4n) is 2.89. The third kappa shape index (κ3) is 3.92. The van der Waals surface area contributed by atoms with Gasteiger partial charge in [0.05, 0.1) is 30.8 Å². The van der Waals surface area contributed by atoms with Crippen LogP contribution < -0.4 is 20.7 Å². The molecule has 1 aromatic heterocycles. The fraction of sp³-hybridized carbons (Fsp3) is 0.368. The fourth-order valence-corrected chi connectivity index (χ4v) is 2.89. The van der Waals surface area contributed by atoms with Crippen LogP contribution in [0.25, 0.3) is 0 Å². The first kappa shape index (κ1) is 18.5. The molecular weight excluding hydrogens is 344 g/mol. The van der Waals surface area contributed by atoms with E-state index in [1.807, 2.05) is 24.0 Å². The van der Waals surface area contributed by atoms with Crippen LogP contribution >= 0.6 is 0 Å². The minimum absolute atomic E-state index is 0.138. The molecule has 140 valence electrons. The third-order valence-corrected chi connectivity index (χ3v) is 4.47. The van der Waals surface area contributed by atoms with Gasteiger partial charge in [-0.25, -0.2) is 0 Å². The van der Waals surface area contributed by atoms with Gasteiger partial charge < -0.3 is 20.7 Å². The maximum absolute atomic E-state index is 12.2. The second-order valence-corrected chi connectivity index (χ2v) is 6.38. The average molecular weight is 366 g/mol. The molecule has 3 rings (SSSR count). The highest BCUT2D eigenvalue weighted by atomic mass is 16.5. The number of ether oxygens (including phenoxy) is 1. The maximum Gasteiger partial charge on any atom is 0.320 e. The number of nitrogen functional groups attached to an aromatic ring is 1. The Labute approximate surface area is 158 Å². The van der Waals surface area contributed by atoms with E-state index in [1.165, 1.54) is 0 Å². The minimum Gasteiger partial charge on any atom is -0.463 e. The summed E-state index contributed by atoms with van der Waals surface area (Å²) in [7, 11) is 0. The highest BCUT2D eigenvalue weighted by molar-refractivity contribution is 6.03. The number of carbonyl (C=O) groups excluding carboxylic acids is 1. The zero-order chi connectivity index (χ0) is 19.4. The molecule has 3 N–H and O–H groups in total. The summed E-state index contributed by atoms with van der Waals surface area (Å²) in [5, 5.41) is 11.7. The van der Waals surface area contributed by atoms with E-state index in [-0.39, 0.29) is 30.3 Å². The number of anilines is 3. The molecule has 0 saturated carbocycles. The molecular formula is C19H22N6O2. The Morgan fingerprint density at radius 3 is 2.78 bits per heavy atom. The number of carbonyl (C=O) groups is 1. The van der Waals surface area contributed by atoms with Gasteiger partial charge in [0, 0.05) is 0 Å². The molecule has 0 saturated heterocycles. The molecule has 1 aliphatic rings. The number of unbranched alkanes of at least 4 members (excludes halogenated alkanes) is 1. The Morgan fingerprint density at radius 1 is 1.37 bits per heavy atom. The zero-order valence-corrected chi connectivity index (χ0v) is 15.4. The van der Waals surface area contributed by atoms with Crippen molar-refractivity contribution in [2.75, 3.05) is 29.1 Å². The van der Waals surface area contributed by atoms with Gasteiger partial charge in [0.2, 0.25) is 5.91 Å². The Hall–Kier alpha value is -3.34. The van der Waals surface area contributed by atoms with Gasteiger partial charge in [-0.15, -0.1) is 0 Å². The van der Waals surface area contributed by atoms with Crippen molar-refractivity contribution in [3.05, 3.63) is 35.4 Å². The number of amides is 1. The summed E-state index contributed by atoms with van der Waals surface area (Å²) in [6, 6.07) is 9.41. The van der Waals surface area contributed by atoms with Crippen LogP contribution in [0.4, 0.5) is 17.3 Å². The van der Waals surface area contributed by atoms with Gasteiger partial charge in [-0.2, -0.15) is 15.2 Å². The van der Waals surface area contributed by atoms with Crippen LogP contribution in [0.3, 0.4) is 0 Å². The predicted molar refractivity (Wildman–Crippen MR) is 102 cm³/mol. The first-order chi connectivity index (χ1) is 13.0. The molecule has 1 unspecified atom stereocenters. The SMILES string of the molecule is CCCCOc1nc(N)c2c(n1)N(C(C)c1ccc(C#N)cc1)CC(=O)N2. The van der Waals surface area contributed by atoms with Gasteiger partial charge in [-0.05, 0) is 31.0 Å². The van der Waals surface area contributed by atoms with Crippen molar-refractivity contribution in [2.24, 2.45) is 0 Å². The van der Waals surface area contributed by atoms with Gasteiger partial charge in [0.15, 0.2) is 11.6 Å². The van der Waals surface area contributed by atoms with E-state index in [4.69, 9.17) is 15.7 Å². The van der Waals surface area contributed by atoms with Crippen LogP contribution in [-0.4, -0.2) is 29.0 Å². The summed E-state index contributed by atoms with van der Waals surface area (Å²) in [5.41, 5.74) is 7.98. The molecule has 0 bridgehead atoms. The van der Waals surface area contributed by atoms with E-state index in [0.717, 1.165) is 18.4 Å². The molecule has 1 atom stereocenters. The van der Waals surface area contributed by atoms with Crippen LogP contribution in [0.5, 0.6) is 6.01 Å². The lowest BCUT2D eigenvalue weighted by molar-refractivity contribution is -0.115. The van der Waals surface area contributed by atoms with E-state index >= 15 is 0 Å². The number of nitrogens with two attached hydrogens (primary N) is 1. The molecule has 27 heavy (non-hydrogen) atoms. The number of aromatic nitrogens is 2. The zero-order valence-electron chi connectivity index (χ0n) is 15.4. The number of nitrogens with zero attached hydrogens (tertiary/aromatic N) is 4. The number of fused-ring (bicyclic) bond motifs is 1. The van der Waals surface area contributed by atoms with E-state index in [2.05, 4.69) is 28.3 Å². The van der Waals surface area contributed by atoms with Crippen LogP contribution in [0.15, 0.2) is 24.3 Å². The molecule has 2 aromatic rings. The third-order valence-electron chi connectivity index (χ3n) is 4.47. The Bertz CT molecular complexity index is 875. The molecule has 0 radical (unpaired) electrons. The van der Waals surface area contributed by atoms with Crippen molar-refractivity contribution in [1.82, 2.24) is 9.97 Å². The summed E-state index contributed by atoms with van der Waals surface area (Å²) in [5.74, 6) is 0.528. The van der Waals surface area contributed by atoms with Crippen molar-refractivity contribution in [3.63, 3.8) is 0 Å². The number of nitrogens with one attached hydrogen (secondary N) is 1. The van der Waals surface area contributed by atoms with E-state index in [9.17, 15) is 4.79 Å². The Balaban J connectivity index is 1.94. The smallest absolute Gasteiger partial charge is 0.320 e. The summed E-state index contributed by atoms with van der Waals surface area (Å²) < 4.78 is 5.61. The largest absolute Gasteiger partial charge is 0.463 e. The molecule has 0 aliphatic carbocycles. The lowest BCUT2D eigenvalue weighted by Crippen LogP contribution is -2.41. The number of hydrogen-bond donors (Lipinski definition) is 2. The van der Waals surface area contributed by atoms with Crippen molar-refractivity contribution >= 4 is 23.2 Å². The number of benzene rings is 1. The molecule has 0 spiro atoms. The standard InChI is InChI=1S/C19H22N6O2/c1-3-4-9-27-19-23-17(21)16-18(24-19)25(11-15(26)22-16)12(2)14-7-5-13(10-20)6-8-14/h5-8,12H,3-4,9,11H2,1-2H3,(H,22,26)(H2,21,23,24). The van der Waals surface area contributed by atoms with Gasteiger partial charge >= 0.3 is 6.01 Å². The molecule has 8 heteroatoms. The second-order valence-electron chi connectivity index (χ2n) is 6.38. The van der Waals surface area contributed by atoms with Crippen molar-refractivity contribution in [1.29, 1.82) is 5.26 Å². The predicted octanol–water partition coefficient (Wildman–Crippen LogP) is 2.63. The maximum atomic E-state index is 12.2. The number of nitriles is 1. The van der Waals surface area contributed by atoms with Crippen LogP contribution in [0.2, 0.25) is 0 Å². The van der Waals surface area contributed by atoms with E-state index < -0.39 is 0 Å². The van der Waals surface area contributed by atoms with Gasteiger partial charge in [0.25, 0.3) is 0 Å². The van der Waals surface area contributed by atoms with Crippen molar-refractivity contribution in [3.8, 4) is 12.1 Å². The quantitative estimate of drug-likeness (QED) is 0.755. The van der Waals surface area contributed by atoms with Crippen LogP contribution in [0.1, 0.15) is 43.9 Å². The average Bonchev–Trinajstić information content (AvgIpc) is 2.68. The number of rotatable bonds is 6. The highest BCUT2D eigenvalue weighted by Crippen LogP contribution is 2.37. The first-order valence-electron chi connectivity index (χ1n) is 8.90. The Morgan fingerprint density at radius 2 is 2.11 bits per heavy atom. The van der Waals surface area contributed by atoms with E-state index in [0.29, 0.717) is 23.7 Å². The topological polar surface area (TPSA) is 117 Å². The number of hydrogen-bond acceptors (Lipinski definition) is 7. The Kier molecular flexibility index (Phi) is 5.41. The normalized spacial score (nSPS) is 14.1. The molecule has 2 heterocycles. The molecule has 1 aliphatic heterocycles. The summed E-state index contributed by atoms with van der Waals surface area (Å²) >= 11 is 0. The molecule has 1 aromatic carbocycles. The summed E-state index contributed by atoms with van der Waals surface area (Å²) in [6.45, 7) is 4.69. The second kappa shape index (κ2) is 7.91. The summed E-state index contributed by atoms with van der Waals surface area (Å²) in [6.07, 6.45) is 1.89. The molecule has 0 fully saturated rings. The summed E-state index contributed by atoms with van der Waals surface area (Å²) in [4.78, 5) is 22.7. The lowest BCUT2D eigenvalue weighted by atomic mass is 10.0.